The van der Waals surface area contributed by atoms with Crippen molar-refractivity contribution < 1.29 is 19.1 Å². The molecule has 146 valence electrons. The van der Waals surface area contributed by atoms with Crippen LogP contribution in [0, 0.1) is 0 Å². The molecule has 1 aliphatic rings. The van der Waals surface area contributed by atoms with E-state index in [9.17, 15) is 14.4 Å². The highest BCUT2D eigenvalue weighted by Gasteiger charge is 2.24. The lowest BCUT2D eigenvalue weighted by atomic mass is 10.2. The molecule has 28 heavy (non-hydrogen) atoms. The molecule has 0 radical (unpaired) electrons. The van der Waals surface area contributed by atoms with E-state index in [2.05, 4.69) is 4.98 Å². The highest BCUT2D eigenvalue weighted by atomic mass is 16.5. The van der Waals surface area contributed by atoms with Crippen molar-refractivity contribution in [2.75, 3.05) is 32.8 Å². The van der Waals surface area contributed by atoms with Crippen molar-refractivity contribution in [3.05, 3.63) is 59.9 Å². The quantitative estimate of drug-likeness (QED) is 0.782. The predicted octanol–water partition coefficient (Wildman–Crippen LogP) is 0.473. The van der Waals surface area contributed by atoms with E-state index >= 15 is 0 Å². The smallest absolute Gasteiger partial charge is 0.260 e. The lowest BCUT2D eigenvalue weighted by molar-refractivity contribution is -0.140. The van der Waals surface area contributed by atoms with Crippen molar-refractivity contribution in [1.82, 2.24) is 14.8 Å². The second-order valence-corrected chi connectivity index (χ2v) is 6.48. The zero-order chi connectivity index (χ0) is 19.9. The van der Waals surface area contributed by atoms with Gasteiger partial charge in [-0.3, -0.25) is 19.4 Å². The molecule has 2 N–H and O–H groups in total. The largest absolute Gasteiger partial charge is 0.484 e. The van der Waals surface area contributed by atoms with Crippen LogP contribution in [0.1, 0.15) is 15.9 Å². The summed E-state index contributed by atoms with van der Waals surface area (Å²) in [4.78, 5) is 43.4. The molecular formula is C20H22N4O4. The Labute approximate surface area is 162 Å². The minimum Gasteiger partial charge on any atom is -0.484 e. The van der Waals surface area contributed by atoms with Gasteiger partial charge in [0.2, 0.25) is 11.8 Å². The molecule has 1 saturated heterocycles. The molecule has 2 heterocycles. The van der Waals surface area contributed by atoms with Gasteiger partial charge < -0.3 is 20.3 Å². The Hall–Kier alpha value is -3.42. The fraction of sp³-hybridized carbons (Fsp3) is 0.300. The number of piperazine rings is 1. The van der Waals surface area contributed by atoms with Crippen molar-refractivity contribution >= 4 is 17.7 Å². The maximum atomic E-state index is 12.4. The van der Waals surface area contributed by atoms with E-state index < -0.39 is 5.91 Å². The standard InChI is InChI=1S/C20H22N4O4/c21-20(27)16-4-1-5-17(12-16)28-14-19(26)24-9-7-23(8-10-24)18(25)11-15-3-2-6-22-13-15/h1-6,12-13H,7-11,14H2,(H2,21,27). The molecule has 1 aromatic carbocycles. The molecule has 0 unspecified atom stereocenters. The highest BCUT2D eigenvalue weighted by Crippen LogP contribution is 2.13. The molecule has 0 saturated carbocycles. The van der Waals surface area contributed by atoms with Crippen LogP contribution in [-0.2, 0) is 16.0 Å². The number of pyridine rings is 1. The Morgan fingerprint density at radius 2 is 1.71 bits per heavy atom. The van der Waals surface area contributed by atoms with Gasteiger partial charge >= 0.3 is 0 Å². The summed E-state index contributed by atoms with van der Waals surface area (Å²) in [6, 6.07) is 10.1. The van der Waals surface area contributed by atoms with Crippen LogP contribution in [0.2, 0.25) is 0 Å². The molecule has 0 atom stereocenters. The first-order chi connectivity index (χ1) is 13.5. The number of rotatable bonds is 6. The summed E-state index contributed by atoms with van der Waals surface area (Å²) in [7, 11) is 0. The Morgan fingerprint density at radius 1 is 1.00 bits per heavy atom. The summed E-state index contributed by atoms with van der Waals surface area (Å²) in [5.74, 6) is -0.276. The zero-order valence-corrected chi connectivity index (χ0v) is 15.4. The monoisotopic (exact) mass is 382 g/mol. The second-order valence-electron chi connectivity index (χ2n) is 6.48. The molecule has 0 spiro atoms. The number of carbonyl (C=O) groups excluding carboxylic acids is 3. The molecule has 3 rings (SSSR count). The number of benzene rings is 1. The number of carbonyl (C=O) groups is 3. The fourth-order valence-electron chi connectivity index (χ4n) is 2.97. The molecule has 8 nitrogen and oxygen atoms in total. The number of hydrogen-bond donors (Lipinski definition) is 1. The van der Waals surface area contributed by atoms with E-state index in [1.165, 1.54) is 6.07 Å². The van der Waals surface area contributed by atoms with Gasteiger partial charge in [0.25, 0.3) is 5.91 Å². The maximum Gasteiger partial charge on any atom is 0.260 e. The number of nitrogens with two attached hydrogens (primary N) is 1. The van der Waals surface area contributed by atoms with Crippen LogP contribution in [-0.4, -0.2) is 65.3 Å². The van der Waals surface area contributed by atoms with Gasteiger partial charge in [-0.15, -0.1) is 0 Å². The number of primary amides is 1. The molecule has 0 aliphatic carbocycles. The van der Waals surface area contributed by atoms with Crippen molar-refractivity contribution in [1.29, 1.82) is 0 Å². The summed E-state index contributed by atoms with van der Waals surface area (Å²) in [5.41, 5.74) is 6.43. The van der Waals surface area contributed by atoms with Crippen LogP contribution < -0.4 is 10.5 Å². The summed E-state index contributed by atoms with van der Waals surface area (Å²) in [6.07, 6.45) is 3.66. The van der Waals surface area contributed by atoms with E-state index in [1.54, 1.807) is 46.5 Å². The average molecular weight is 382 g/mol. The first-order valence-corrected chi connectivity index (χ1v) is 9.00. The molecule has 0 bridgehead atoms. The summed E-state index contributed by atoms with van der Waals surface area (Å²) < 4.78 is 5.48. The van der Waals surface area contributed by atoms with E-state index in [4.69, 9.17) is 10.5 Å². The Kier molecular flexibility index (Phi) is 6.21. The molecule has 2 aromatic rings. The van der Waals surface area contributed by atoms with Gasteiger partial charge in [-0.1, -0.05) is 12.1 Å². The fourth-order valence-corrected chi connectivity index (χ4v) is 2.97. The number of nitrogens with zero attached hydrogens (tertiary/aromatic N) is 3. The number of ether oxygens (including phenoxy) is 1. The molecule has 1 fully saturated rings. The van der Waals surface area contributed by atoms with Gasteiger partial charge in [0.05, 0.1) is 6.42 Å². The van der Waals surface area contributed by atoms with Gasteiger partial charge in [0.15, 0.2) is 6.61 Å². The first kappa shape index (κ1) is 19.3. The number of hydrogen-bond acceptors (Lipinski definition) is 5. The topological polar surface area (TPSA) is 106 Å². The van der Waals surface area contributed by atoms with Gasteiger partial charge in [0.1, 0.15) is 5.75 Å². The summed E-state index contributed by atoms with van der Waals surface area (Å²) in [5, 5.41) is 0. The molecule has 3 amide bonds. The molecule has 8 heteroatoms. The van der Waals surface area contributed by atoms with Gasteiger partial charge in [-0.2, -0.15) is 0 Å². The van der Waals surface area contributed by atoms with Gasteiger partial charge in [-0.05, 0) is 29.8 Å². The van der Waals surface area contributed by atoms with Crippen LogP contribution >= 0.6 is 0 Å². The first-order valence-electron chi connectivity index (χ1n) is 9.00. The van der Waals surface area contributed by atoms with E-state index in [1.807, 2.05) is 6.07 Å². The third-order valence-corrected chi connectivity index (χ3v) is 4.54. The van der Waals surface area contributed by atoms with Crippen molar-refractivity contribution in [3.63, 3.8) is 0 Å². The lowest BCUT2D eigenvalue weighted by Crippen LogP contribution is -2.52. The van der Waals surface area contributed by atoms with E-state index in [0.717, 1.165) is 5.56 Å². The molecular weight excluding hydrogens is 360 g/mol. The second kappa shape index (κ2) is 8.98. The van der Waals surface area contributed by atoms with Crippen molar-refractivity contribution in [2.24, 2.45) is 5.73 Å². The number of amides is 3. The lowest BCUT2D eigenvalue weighted by Gasteiger charge is -2.34. The molecule has 1 aromatic heterocycles. The van der Waals surface area contributed by atoms with Crippen molar-refractivity contribution in [2.45, 2.75) is 6.42 Å². The van der Waals surface area contributed by atoms with E-state index in [0.29, 0.717) is 43.9 Å². The van der Waals surface area contributed by atoms with Crippen LogP contribution in [0.5, 0.6) is 5.75 Å². The maximum absolute atomic E-state index is 12.4. The van der Waals surface area contributed by atoms with Crippen LogP contribution in [0.4, 0.5) is 0 Å². The third kappa shape index (κ3) is 5.06. The third-order valence-electron chi connectivity index (χ3n) is 4.54. The number of aromatic nitrogens is 1. The minimum absolute atomic E-state index is 0.0274. The SMILES string of the molecule is NC(=O)c1cccc(OCC(=O)N2CCN(C(=O)Cc3cccnc3)CC2)c1. The highest BCUT2D eigenvalue weighted by molar-refractivity contribution is 5.93. The zero-order valence-electron chi connectivity index (χ0n) is 15.4. The average Bonchev–Trinajstić information content (AvgIpc) is 2.73. The minimum atomic E-state index is -0.552. The predicted molar refractivity (Wildman–Crippen MR) is 102 cm³/mol. The van der Waals surface area contributed by atoms with Crippen molar-refractivity contribution in [3.8, 4) is 5.75 Å². The van der Waals surface area contributed by atoms with Gasteiger partial charge in [-0.25, -0.2) is 0 Å². The van der Waals surface area contributed by atoms with E-state index in [-0.39, 0.29) is 18.4 Å². The molecule has 1 aliphatic heterocycles. The normalized spacial score (nSPS) is 13.9. The summed E-state index contributed by atoms with van der Waals surface area (Å²) in [6.45, 7) is 1.76. The van der Waals surface area contributed by atoms with Gasteiger partial charge in [0, 0.05) is 44.1 Å². The Bertz CT molecular complexity index is 848. The Balaban J connectivity index is 1.45. The summed E-state index contributed by atoms with van der Waals surface area (Å²) >= 11 is 0. The van der Waals surface area contributed by atoms with Crippen LogP contribution in [0.25, 0.3) is 0 Å². The van der Waals surface area contributed by atoms with Crippen LogP contribution in [0.15, 0.2) is 48.8 Å². The Morgan fingerprint density at radius 3 is 2.36 bits per heavy atom. The van der Waals surface area contributed by atoms with Crippen LogP contribution in [0.3, 0.4) is 0 Å².